The molecular weight excluding hydrogens is 219 g/mol. The second-order valence-electron chi connectivity index (χ2n) is 2.95. The van der Waals surface area contributed by atoms with Crippen molar-refractivity contribution in [2.24, 2.45) is 0 Å². The molecule has 0 saturated heterocycles. The van der Waals surface area contributed by atoms with Gasteiger partial charge in [-0.25, -0.2) is 14.2 Å². The molecule has 0 bridgehead atoms. The maximum absolute atomic E-state index is 13.0. The molecule has 1 aromatic carbocycles. The Balaban J connectivity index is 2.58. The van der Waals surface area contributed by atoms with E-state index in [1.165, 1.54) is 18.3 Å². The number of aromatic nitrogens is 2. The summed E-state index contributed by atoms with van der Waals surface area (Å²) in [5.74, 6) is -0.449. The van der Waals surface area contributed by atoms with Crippen LogP contribution in [0.1, 0.15) is 0 Å². The van der Waals surface area contributed by atoms with Crippen molar-refractivity contribution in [2.45, 2.75) is 0 Å². The maximum atomic E-state index is 13.0. The van der Waals surface area contributed by atoms with E-state index in [4.69, 9.17) is 11.6 Å². The normalized spacial score (nSPS) is 10.3. The van der Waals surface area contributed by atoms with Gasteiger partial charge in [-0.15, -0.1) is 0 Å². The summed E-state index contributed by atoms with van der Waals surface area (Å²) >= 11 is 5.69. The summed E-state index contributed by atoms with van der Waals surface area (Å²) in [6.07, 6.45) is 1.35. The number of halogens is 2. The van der Waals surface area contributed by atoms with E-state index in [2.05, 4.69) is 9.97 Å². The van der Waals surface area contributed by atoms with Crippen LogP contribution in [0.25, 0.3) is 11.3 Å². The van der Waals surface area contributed by atoms with E-state index >= 15 is 0 Å². The summed E-state index contributed by atoms with van der Waals surface area (Å²) in [5.41, 5.74) is 0.517. The van der Waals surface area contributed by atoms with Gasteiger partial charge in [-0.1, -0.05) is 11.6 Å². The van der Waals surface area contributed by atoms with Crippen LogP contribution in [0.4, 0.5) is 4.39 Å². The lowest BCUT2D eigenvalue weighted by Gasteiger charge is -2.01. The van der Waals surface area contributed by atoms with Gasteiger partial charge in [0.25, 0.3) is 0 Å². The monoisotopic (exact) mass is 224 g/mol. The van der Waals surface area contributed by atoms with Gasteiger partial charge in [0.2, 0.25) is 0 Å². The van der Waals surface area contributed by atoms with E-state index in [0.29, 0.717) is 11.3 Å². The third kappa shape index (κ3) is 2.22. The lowest BCUT2D eigenvalue weighted by Crippen LogP contribution is -2.09. The van der Waals surface area contributed by atoms with Gasteiger partial charge in [0.15, 0.2) is 0 Å². The van der Waals surface area contributed by atoms with Gasteiger partial charge in [0.1, 0.15) is 5.82 Å². The Morgan fingerprint density at radius 2 is 2.13 bits per heavy atom. The molecule has 2 aromatic rings. The maximum Gasteiger partial charge on any atom is 0.345 e. The number of rotatable bonds is 1. The molecule has 3 nitrogen and oxygen atoms in total. The number of nitrogens with zero attached hydrogens (tertiary/aromatic N) is 1. The van der Waals surface area contributed by atoms with Crippen molar-refractivity contribution in [3.05, 3.63) is 51.8 Å². The highest BCUT2D eigenvalue weighted by Crippen LogP contribution is 2.21. The van der Waals surface area contributed by atoms with Gasteiger partial charge in [0, 0.05) is 16.8 Å². The molecule has 0 aliphatic heterocycles. The summed E-state index contributed by atoms with van der Waals surface area (Å²) < 4.78 is 13.0. The first-order valence-electron chi connectivity index (χ1n) is 4.17. The molecule has 0 fully saturated rings. The van der Waals surface area contributed by atoms with Crippen LogP contribution in [-0.4, -0.2) is 9.97 Å². The Hall–Kier alpha value is -1.68. The third-order valence-electron chi connectivity index (χ3n) is 1.85. The molecular formula is C10H6ClFN2O. The summed E-state index contributed by atoms with van der Waals surface area (Å²) in [6.45, 7) is 0. The highest BCUT2D eigenvalue weighted by molar-refractivity contribution is 6.30. The second-order valence-corrected chi connectivity index (χ2v) is 3.38. The van der Waals surface area contributed by atoms with Gasteiger partial charge in [-0.05, 0) is 24.3 Å². The van der Waals surface area contributed by atoms with Crippen LogP contribution in [-0.2, 0) is 0 Å². The first-order valence-corrected chi connectivity index (χ1v) is 4.55. The minimum absolute atomic E-state index is 0.280. The number of hydrogen-bond donors (Lipinski definition) is 1. The molecule has 76 valence electrons. The van der Waals surface area contributed by atoms with Gasteiger partial charge >= 0.3 is 5.69 Å². The Morgan fingerprint density at radius 1 is 1.33 bits per heavy atom. The average molecular weight is 225 g/mol. The van der Waals surface area contributed by atoms with Crippen molar-refractivity contribution in [1.29, 1.82) is 0 Å². The predicted octanol–water partition coefficient (Wildman–Crippen LogP) is 2.23. The Morgan fingerprint density at radius 3 is 2.80 bits per heavy atom. The zero-order chi connectivity index (χ0) is 10.8. The summed E-state index contributed by atoms with van der Waals surface area (Å²) in [5, 5.41) is 0.280. The zero-order valence-corrected chi connectivity index (χ0v) is 8.25. The highest BCUT2D eigenvalue weighted by Gasteiger charge is 2.02. The summed E-state index contributed by atoms with van der Waals surface area (Å²) in [6, 6.07) is 5.63. The van der Waals surface area contributed by atoms with E-state index in [9.17, 15) is 9.18 Å². The first kappa shape index (κ1) is 9.86. The van der Waals surface area contributed by atoms with Crippen LogP contribution >= 0.6 is 11.6 Å². The minimum Gasteiger partial charge on any atom is -0.305 e. The SMILES string of the molecule is O=c1nccc(-c2cc(F)cc(Cl)c2)[nH]1. The van der Waals surface area contributed by atoms with E-state index in [1.54, 1.807) is 12.1 Å². The molecule has 0 unspecified atom stereocenters. The highest BCUT2D eigenvalue weighted by atomic mass is 35.5. The largest absolute Gasteiger partial charge is 0.345 e. The third-order valence-corrected chi connectivity index (χ3v) is 2.07. The Kier molecular flexibility index (Phi) is 2.51. The lowest BCUT2D eigenvalue weighted by molar-refractivity contribution is 0.628. The molecule has 5 heteroatoms. The van der Waals surface area contributed by atoms with Crippen molar-refractivity contribution in [3.63, 3.8) is 0 Å². The molecule has 0 amide bonds. The van der Waals surface area contributed by atoms with Crippen molar-refractivity contribution in [3.8, 4) is 11.3 Å². The molecule has 0 aliphatic rings. The van der Waals surface area contributed by atoms with Crippen LogP contribution in [0.15, 0.2) is 35.3 Å². The molecule has 0 saturated carbocycles. The Bertz CT molecular complexity index is 533. The van der Waals surface area contributed by atoms with Gasteiger partial charge in [0.05, 0.1) is 5.69 Å². The van der Waals surface area contributed by atoms with Gasteiger partial charge < -0.3 is 4.98 Å². The number of H-pyrrole nitrogens is 1. The number of aromatic amines is 1. The lowest BCUT2D eigenvalue weighted by atomic mass is 10.1. The van der Waals surface area contributed by atoms with Crippen LogP contribution < -0.4 is 5.69 Å². The molecule has 0 spiro atoms. The molecule has 0 aliphatic carbocycles. The van der Waals surface area contributed by atoms with Crippen LogP contribution in [0.5, 0.6) is 0 Å². The average Bonchev–Trinajstić information content (AvgIpc) is 2.16. The molecule has 1 heterocycles. The standard InChI is InChI=1S/C10H6ClFN2O/c11-7-3-6(4-8(12)5-7)9-1-2-13-10(15)14-9/h1-5H,(H,13,14,15). The molecule has 0 radical (unpaired) electrons. The quantitative estimate of drug-likeness (QED) is 0.808. The topological polar surface area (TPSA) is 45.8 Å². The minimum atomic E-state index is -0.479. The number of benzene rings is 1. The van der Waals surface area contributed by atoms with Crippen molar-refractivity contribution < 1.29 is 4.39 Å². The molecule has 0 atom stereocenters. The summed E-state index contributed by atoms with van der Waals surface area (Å²) in [4.78, 5) is 16.9. The second kappa shape index (κ2) is 3.82. The fourth-order valence-electron chi connectivity index (χ4n) is 1.25. The van der Waals surface area contributed by atoms with E-state index < -0.39 is 11.5 Å². The number of nitrogens with one attached hydrogen (secondary N) is 1. The van der Waals surface area contributed by atoms with E-state index in [1.807, 2.05) is 0 Å². The Labute approximate surface area is 89.6 Å². The fraction of sp³-hybridized carbons (Fsp3) is 0. The number of hydrogen-bond acceptors (Lipinski definition) is 2. The molecule has 15 heavy (non-hydrogen) atoms. The van der Waals surface area contributed by atoms with Crippen molar-refractivity contribution >= 4 is 11.6 Å². The molecule has 1 N–H and O–H groups in total. The van der Waals surface area contributed by atoms with Crippen LogP contribution in [0.2, 0.25) is 5.02 Å². The fourth-order valence-corrected chi connectivity index (χ4v) is 1.47. The van der Waals surface area contributed by atoms with Crippen LogP contribution in [0.3, 0.4) is 0 Å². The molecule has 2 rings (SSSR count). The van der Waals surface area contributed by atoms with Crippen molar-refractivity contribution in [2.75, 3.05) is 0 Å². The van der Waals surface area contributed by atoms with E-state index in [0.717, 1.165) is 0 Å². The first-order chi connectivity index (χ1) is 7.15. The smallest absolute Gasteiger partial charge is 0.305 e. The van der Waals surface area contributed by atoms with E-state index in [-0.39, 0.29) is 5.02 Å². The van der Waals surface area contributed by atoms with Crippen LogP contribution in [0, 0.1) is 5.82 Å². The van der Waals surface area contributed by atoms with Gasteiger partial charge in [-0.2, -0.15) is 0 Å². The van der Waals surface area contributed by atoms with Crippen molar-refractivity contribution in [1.82, 2.24) is 9.97 Å². The zero-order valence-electron chi connectivity index (χ0n) is 7.50. The van der Waals surface area contributed by atoms with Gasteiger partial charge in [-0.3, -0.25) is 0 Å². The predicted molar refractivity (Wildman–Crippen MR) is 55.3 cm³/mol. The summed E-state index contributed by atoms with van der Waals surface area (Å²) in [7, 11) is 0. The molecule has 1 aromatic heterocycles.